The molecular weight excluding hydrogens is 250 g/mol. The number of nitrogens with zero attached hydrogens (tertiary/aromatic N) is 1. The van der Waals surface area contributed by atoms with E-state index in [1.165, 1.54) is 32.4 Å². The van der Waals surface area contributed by atoms with Gasteiger partial charge in [-0.1, -0.05) is 19.3 Å². The number of amides is 1. The standard InChI is InChI=1S/C16H31N3O/c1-19-11-6-14(7-12-19)5-10-18-15(20)16(13-17)8-3-2-4-9-16/h14H,2-13,17H2,1H3,(H,18,20). The van der Waals surface area contributed by atoms with Crippen molar-refractivity contribution >= 4 is 5.91 Å². The summed E-state index contributed by atoms with van der Waals surface area (Å²) < 4.78 is 0. The predicted octanol–water partition coefficient (Wildman–Crippen LogP) is 1.74. The maximum atomic E-state index is 12.4. The summed E-state index contributed by atoms with van der Waals surface area (Å²) in [7, 11) is 2.19. The number of nitrogens with one attached hydrogen (secondary N) is 1. The number of carbonyl (C=O) groups excluding carboxylic acids is 1. The van der Waals surface area contributed by atoms with Crippen LogP contribution in [0.25, 0.3) is 0 Å². The fourth-order valence-corrected chi connectivity index (χ4v) is 3.68. The highest BCUT2D eigenvalue weighted by Crippen LogP contribution is 2.35. The minimum absolute atomic E-state index is 0.215. The van der Waals surface area contributed by atoms with Crippen molar-refractivity contribution < 1.29 is 4.79 Å². The Kier molecular flexibility index (Phi) is 5.85. The molecular formula is C16H31N3O. The first-order valence-corrected chi connectivity index (χ1v) is 8.33. The Balaban J connectivity index is 1.71. The normalized spacial score (nSPS) is 24.5. The summed E-state index contributed by atoms with van der Waals surface area (Å²) in [6.45, 7) is 3.73. The predicted molar refractivity (Wildman–Crippen MR) is 82.4 cm³/mol. The molecule has 20 heavy (non-hydrogen) atoms. The second-order valence-corrected chi connectivity index (χ2v) is 6.84. The third-order valence-electron chi connectivity index (χ3n) is 5.36. The zero-order chi connectivity index (χ0) is 14.4. The van der Waals surface area contributed by atoms with Crippen LogP contribution in [0.1, 0.15) is 51.4 Å². The van der Waals surface area contributed by atoms with E-state index < -0.39 is 0 Å². The lowest BCUT2D eigenvalue weighted by atomic mass is 9.73. The first-order valence-electron chi connectivity index (χ1n) is 8.33. The van der Waals surface area contributed by atoms with Crippen molar-refractivity contribution in [2.45, 2.75) is 51.4 Å². The van der Waals surface area contributed by atoms with Crippen LogP contribution in [-0.4, -0.2) is 44.0 Å². The van der Waals surface area contributed by atoms with E-state index in [0.717, 1.165) is 44.6 Å². The van der Waals surface area contributed by atoms with Crippen LogP contribution in [0.5, 0.6) is 0 Å². The molecule has 0 bridgehead atoms. The molecule has 2 aliphatic rings. The van der Waals surface area contributed by atoms with Crippen LogP contribution < -0.4 is 11.1 Å². The van der Waals surface area contributed by atoms with Crippen molar-refractivity contribution in [3.8, 4) is 0 Å². The number of hydrogen-bond acceptors (Lipinski definition) is 3. The van der Waals surface area contributed by atoms with Crippen molar-refractivity contribution in [1.82, 2.24) is 10.2 Å². The highest BCUT2D eigenvalue weighted by Gasteiger charge is 2.37. The topological polar surface area (TPSA) is 58.4 Å². The Morgan fingerprint density at radius 3 is 2.50 bits per heavy atom. The quantitative estimate of drug-likeness (QED) is 0.807. The molecule has 116 valence electrons. The molecule has 2 rings (SSSR count). The van der Waals surface area contributed by atoms with E-state index in [9.17, 15) is 4.79 Å². The van der Waals surface area contributed by atoms with Gasteiger partial charge in [0.1, 0.15) is 0 Å². The zero-order valence-corrected chi connectivity index (χ0v) is 13.0. The van der Waals surface area contributed by atoms with Gasteiger partial charge in [0.05, 0.1) is 5.41 Å². The van der Waals surface area contributed by atoms with E-state index in [2.05, 4.69) is 17.3 Å². The van der Waals surface area contributed by atoms with Gasteiger partial charge in [0.15, 0.2) is 0 Å². The van der Waals surface area contributed by atoms with Gasteiger partial charge in [0.25, 0.3) is 0 Å². The number of nitrogens with two attached hydrogens (primary N) is 1. The van der Waals surface area contributed by atoms with Gasteiger partial charge in [-0.3, -0.25) is 4.79 Å². The lowest BCUT2D eigenvalue weighted by Crippen LogP contribution is -2.47. The maximum absolute atomic E-state index is 12.4. The van der Waals surface area contributed by atoms with E-state index in [-0.39, 0.29) is 11.3 Å². The van der Waals surface area contributed by atoms with Crippen molar-refractivity contribution in [3.05, 3.63) is 0 Å². The number of rotatable bonds is 5. The molecule has 1 aliphatic heterocycles. The number of likely N-dealkylation sites (tertiary alicyclic amines) is 1. The Morgan fingerprint density at radius 2 is 1.90 bits per heavy atom. The average Bonchev–Trinajstić information content (AvgIpc) is 2.50. The molecule has 0 aromatic rings. The summed E-state index contributed by atoms with van der Waals surface area (Å²) in [6, 6.07) is 0. The molecule has 1 saturated carbocycles. The molecule has 1 aliphatic carbocycles. The molecule has 0 atom stereocenters. The van der Waals surface area contributed by atoms with Gasteiger partial charge in [-0.15, -0.1) is 0 Å². The molecule has 0 spiro atoms. The van der Waals surface area contributed by atoms with Crippen LogP contribution in [0.15, 0.2) is 0 Å². The second kappa shape index (κ2) is 7.41. The molecule has 1 saturated heterocycles. The van der Waals surface area contributed by atoms with Crippen molar-refractivity contribution in [3.63, 3.8) is 0 Å². The number of carbonyl (C=O) groups is 1. The van der Waals surface area contributed by atoms with Crippen molar-refractivity contribution in [2.24, 2.45) is 17.1 Å². The molecule has 2 fully saturated rings. The molecule has 0 unspecified atom stereocenters. The summed E-state index contributed by atoms with van der Waals surface area (Å²) in [5, 5.41) is 3.17. The van der Waals surface area contributed by atoms with Gasteiger partial charge in [-0.2, -0.15) is 0 Å². The Labute approximate surface area is 123 Å². The molecule has 4 heteroatoms. The highest BCUT2D eigenvalue weighted by molar-refractivity contribution is 5.82. The molecule has 1 heterocycles. The Hall–Kier alpha value is -0.610. The SMILES string of the molecule is CN1CCC(CCNC(=O)C2(CN)CCCCC2)CC1. The van der Waals surface area contributed by atoms with Crippen LogP contribution in [0, 0.1) is 11.3 Å². The highest BCUT2D eigenvalue weighted by atomic mass is 16.2. The number of piperidine rings is 1. The summed E-state index contributed by atoms with van der Waals surface area (Å²) >= 11 is 0. The monoisotopic (exact) mass is 281 g/mol. The summed E-state index contributed by atoms with van der Waals surface area (Å²) in [6.07, 6.45) is 9.18. The van der Waals surface area contributed by atoms with E-state index in [4.69, 9.17) is 5.73 Å². The van der Waals surface area contributed by atoms with E-state index in [1.54, 1.807) is 0 Å². The van der Waals surface area contributed by atoms with Gasteiger partial charge >= 0.3 is 0 Å². The van der Waals surface area contributed by atoms with Gasteiger partial charge in [-0.05, 0) is 58.2 Å². The Morgan fingerprint density at radius 1 is 1.25 bits per heavy atom. The lowest BCUT2D eigenvalue weighted by Gasteiger charge is -2.35. The molecule has 1 amide bonds. The fraction of sp³-hybridized carbons (Fsp3) is 0.938. The smallest absolute Gasteiger partial charge is 0.227 e. The van der Waals surface area contributed by atoms with Gasteiger partial charge in [0, 0.05) is 13.1 Å². The molecule has 0 aromatic carbocycles. The summed E-state index contributed by atoms with van der Waals surface area (Å²) in [5.41, 5.74) is 5.64. The average molecular weight is 281 g/mol. The van der Waals surface area contributed by atoms with Crippen molar-refractivity contribution in [1.29, 1.82) is 0 Å². The van der Waals surface area contributed by atoms with Crippen LogP contribution in [0.3, 0.4) is 0 Å². The minimum Gasteiger partial charge on any atom is -0.356 e. The van der Waals surface area contributed by atoms with Gasteiger partial charge < -0.3 is 16.0 Å². The molecule has 4 nitrogen and oxygen atoms in total. The third kappa shape index (κ3) is 3.95. The summed E-state index contributed by atoms with van der Waals surface area (Å²) in [4.78, 5) is 14.8. The fourth-order valence-electron chi connectivity index (χ4n) is 3.68. The van der Waals surface area contributed by atoms with E-state index in [0.29, 0.717) is 6.54 Å². The van der Waals surface area contributed by atoms with Crippen LogP contribution in [0.2, 0.25) is 0 Å². The minimum atomic E-state index is -0.259. The first-order chi connectivity index (χ1) is 9.66. The second-order valence-electron chi connectivity index (χ2n) is 6.84. The zero-order valence-electron chi connectivity index (χ0n) is 13.0. The number of hydrogen-bond donors (Lipinski definition) is 2. The van der Waals surface area contributed by atoms with Crippen LogP contribution >= 0.6 is 0 Å². The summed E-state index contributed by atoms with van der Waals surface area (Å²) in [5.74, 6) is 0.999. The van der Waals surface area contributed by atoms with Gasteiger partial charge in [0.2, 0.25) is 5.91 Å². The van der Waals surface area contributed by atoms with Crippen LogP contribution in [0.4, 0.5) is 0 Å². The maximum Gasteiger partial charge on any atom is 0.227 e. The van der Waals surface area contributed by atoms with E-state index in [1.807, 2.05) is 0 Å². The lowest BCUT2D eigenvalue weighted by molar-refractivity contribution is -0.132. The molecule has 0 radical (unpaired) electrons. The Bertz CT molecular complexity index is 305. The van der Waals surface area contributed by atoms with E-state index >= 15 is 0 Å². The van der Waals surface area contributed by atoms with Crippen molar-refractivity contribution in [2.75, 3.05) is 33.2 Å². The molecule has 3 N–H and O–H groups in total. The third-order valence-corrected chi connectivity index (χ3v) is 5.36. The largest absolute Gasteiger partial charge is 0.356 e. The first kappa shape index (κ1) is 15.8. The van der Waals surface area contributed by atoms with Gasteiger partial charge in [-0.25, -0.2) is 0 Å². The molecule has 0 aromatic heterocycles. The van der Waals surface area contributed by atoms with Crippen LogP contribution in [-0.2, 0) is 4.79 Å².